The smallest absolute Gasteiger partial charge is 0.186 e. The summed E-state index contributed by atoms with van der Waals surface area (Å²) in [4.78, 5) is 0. The van der Waals surface area contributed by atoms with E-state index in [0.29, 0.717) is 10.8 Å². The lowest BCUT2D eigenvalue weighted by Crippen LogP contribution is -2.13. The van der Waals surface area contributed by atoms with Gasteiger partial charge in [0.1, 0.15) is 0 Å². The molecule has 0 amide bonds. The molecule has 6 heteroatoms. The van der Waals surface area contributed by atoms with Crippen molar-refractivity contribution in [2.24, 2.45) is 5.10 Å². The van der Waals surface area contributed by atoms with Crippen LogP contribution in [0.1, 0.15) is 5.56 Å². The zero-order valence-corrected chi connectivity index (χ0v) is 13.1. The predicted octanol–water partition coefficient (Wildman–Crippen LogP) is 3.96. The Bertz CT molecular complexity index is 858. The lowest BCUT2D eigenvalue weighted by atomic mass is 10.1. The van der Waals surface area contributed by atoms with E-state index in [0.717, 1.165) is 27.7 Å². The molecule has 0 saturated heterocycles. The molecule has 0 N–H and O–H groups in total. The van der Waals surface area contributed by atoms with E-state index in [1.807, 2.05) is 42.5 Å². The van der Waals surface area contributed by atoms with Crippen LogP contribution < -0.4 is 0 Å². The number of nitrogens with zero attached hydrogens (tertiary/aromatic N) is 4. The quantitative estimate of drug-likeness (QED) is 0.716. The number of halogens is 1. The van der Waals surface area contributed by atoms with Crippen LogP contribution in [-0.4, -0.2) is 26.3 Å². The zero-order valence-electron chi connectivity index (χ0n) is 11.5. The summed E-state index contributed by atoms with van der Waals surface area (Å²) in [6.07, 6.45) is 0. The fourth-order valence-electron chi connectivity index (χ4n) is 2.31. The summed E-state index contributed by atoms with van der Waals surface area (Å²) in [5, 5.41) is 14.6. The van der Waals surface area contributed by atoms with Gasteiger partial charge in [-0.05, 0) is 17.7 Å². The minimum absolute atomic E-state index is 0.643. The molecule has 0 aliphatic carbocycles. The van der Waals surface area contributed by atoms with Gasteiger partial charge in [0.15, 0.2) is 5.82 Å². The molecule has 0 radical (unpaired) electrons. The topological polar surface area (TPSA) is 43.1 Å². The zero-order chi connectivity index (χ0) is 14.9. The van der Waals surface area contributed by atoms with Crippen LogP contribution in [0.25, 0.3) is 11.4 Å². The Kier molecular flexibility index (Phi) is 3.44. The first-order chi connectivity index (χ1) is 10.8. The van der Waals surface area contributed by atoms with Crippen molar-refractivity contribution in [3.05, 3.63) is 65.2 Å². The molecule has 0 saturated carbocycles. The highest BCUT2D eigenvalue weighted by atomic mass is 35.5. The molecule has 0 fully saturated rings. The molecule has 0 bridgehead atoms. The third-order valence-electron chi connectivity index (χ3n) is 3.39. The monoisotopic (exact) mass is 326 g/mol. The van der Waals surface area contributed by atoms with Gasteiger partial charge < -0.3 is 0 Å². The summed E-state index contributed by atoms with van der Waals surface area (Å²) in [6, 6.07) is 17.7. The van der Waals surface area contributed by atoms with E-state index >= 15 is 0 Å². The first-order valence-corrected chi connectivity index (χ1v) is 8.15. The standard InChI is InChI=1S/C16H11ClN4S/c17-13-9-5-4-8-12(13)15-18-19-16-21(15)20-14(10-22-16)11-6-2-1-3-7-11/h1-9H,10H2. The minimum atomic E-state index is 0.643. The van der Waals surface area contributed by atoms with Crippen LogP contribution in [0.5, 0.6) is 0 Å². The van der Waals surface area contributed by atoms with Gasteiger partial charge in [-0.1, -0.05) is 65.8 Å². The van der Waals surface area contributed by atoms with Gasteiger partial charge >= 0.3 is 0 Å². The van der Waals surface area contributed by atoms with Crippen molar-refractivity contribution in [1.29, 1.82) is 0 Å². The Morgan fingerprint density at radius 1 is 0.955 bits per heavy atom. The molecule has 2 heterocycles. The highest BCUT2D eigenvalue weighted by molar-refractivity contribution is 7.99. The van der Waals surface area contributed by atoms with Crippen LogP contribution in [0.3, 0.4) is 0 Å². The molecule has 1 aliphatic rings. The van der Waals surface area contributed by atoms with Crippen molar-refractivity contribution in [2.45, 2.75) is 5.16 Å². The maximum absolute atomic E-state index is 6.28. The first-order valence-electron chi connectivity index (χ1n) is 6.79. The fraction of sp³-hybridized carbons (Fsp3) is 0.0625. The van der Waals surface area contributed by atoms with Gasteiger partial charge in [0.25, 0.3) is 0 Å². The molecule has 1 aliphatic heterocycles. The minimum Gasteiger partial charge on any atom is -0.186 e. The van der Waals surface area contributed by atoms with E-state index in [9.17, 15) is 0 Å². The van der Waals surface area contributed by atoms with Crippen molar-refractivity contribution in [3.8, 4) is 11.4 Å². The number of hydrogen-bond donors (Lipinski definition) is 0. The molecule has 22 heavy (non-hydrogen) atoms. The maximum Gasteiger partial charge on any atom is 0.212 e. The molecular weight excluding hydrogens is 316 g/mol. The highest BCUT2D eigenvalue weighted by Crippen LogP contribution is 2.31. The van der Waals surface area contributed by atoms with E-state index < -0.39 is 0 Å². The Morgan fingerprint density at radius 2 is 1.73 bits per heavy atom. The average Bonchev–Trinajstić information content (AvgIpc) is 2.99. The van der Waals surface area contributed by atoms with Crippen molar-refractivity contribution < 1.29 is 0 Å². The van der Waals surface area contributed by atoms with E-state index in [1.165, 1.54) is 0 Å². The summed E-state index contributed by atoms with van der Waals surface area (Å²) < 4.78 is 1.78. The van der Waals surface area contributed by atoms with Gasteiger partial charge in [0.2, 0.25) is 5.16 Å². The molecule has 4 nitrogen and oxygen atoms in total. The van der Waals surface area contributed by atoms with Gasteiger partial charge in [-0.15, -0.1) is 10.2 Å². The molecule has 0 spiro atoms. The summed E-state index contributed by atoms with van der Waals surface area (Å²) in [6.45, 7) is 0. The van der Waals surface area contributed by atoms with Crippen molar-refractivity contribution in [2.75, 3.05) is 5.75 Å². The molecule has 3 aromatic rings. The van der Waals surface area contributed by atoms with Crippen LogP contribution in [0.2, 0.25) is 5.02 Å². The number of thioether (sulfide) groups is 1. The number of rotatable bonds is 2. The normalized spacial score (nSPS) is 13.6. The number of hydrogen-bond acceptors (Lipinski definition) is 4. The van der Waals surface area contributed by atoms with Crippen molar-refractivity contribution in [1.82, 2.24) is 14.9 Å². The third-order valence-corrected chi connectivity index (χ3v) is 4.65. The van der Waals surface area contributed by atoms with Crippen molar-refractivity contribution >= 4 is 29.1 Å². The van der Waals surface area contributed by atoms with Crippen LogP contribution in [0, 0.1) is 0 Å². The number of aromatic nitrogens is 3. The average molecular weight is 327 g/mol. The molecular formula is C16H11ClN4S. The summed E-state index contributed by atoms with van der Waals surface area (Å²) in [5.74, 6) is 1.45. The second-order valence-corrected chi connectivity index (χ2v) is 6.15. The van der Waals surface area contributed by atoms with E-state index in [2.05, 4.69) is 22.3 Å². The lowest BCUT2D eigenvalue weighted by molar-refractivity contribution is 0.762. The Balaban J connectivity index is 1.84. The molecule has 2 aromatic carbocycles. The van der Waals surface area contributed by atoms with Gasteiger partial charge in [-0.3, -0.25) is 0 Å². The Labute approximate surface area is 136 Å². The van der Waals surface area contributed by atoms with Crippen LogP contribution >= 0.6 is 23.4 Å². The highest BCUT2D eigenvalue weighted by Gasteiger charge is 2.21. The van der Waals surface area contributed by atoms with Crippen LogP contribution in [0.4, 0.5) is 0 Å². The largest absolute Gasteiger partial charge is 0.212 e. The van der Waals surface area contributed by atoms with Crippen LogP contribution in [-0.2, 0) is 0 Å². The van der Waals surface area contributed by atoms with E-state index in [1.54, 1.807) is 16.4 Å². The predicted molar refractivity (Wildman–Crippen MR) is 89.6 cm³/mol. The third kappa shape index (κ3) is 2.32. The second kappa shape index (κ2) is 5.59. The Morgan fingerprint density at radius 3 is 2.55 bits per heavy atom. The van der Waals surface area contributed by atoms with Crippen LogP contribution in [0.15, 0.2) is 64.9 Å². The molecule has 4 rings (SSSR count). The molecule has 0 atom stereocenters. The molecule has 0 unspecified atom stereocenters. The van der Waals surface area contributed by atoms with E-state index in [4.69, 9.17) is 16.7 Å². The first kappa shape index (κ1) is 13.5. The lowest BCUT2D eigenvalue weighted by Gasteiger charge is -2.14. The van der Waals surface area contributed by atoms with Gasteiger partial charge in [-0.25, -0.2) is 0 Å². The van der Waals surface area contributed by atoms with Crippen molar-refractivity contribution in [3.63, 3.8) is 0 Å². The van der Waals surface area contributed by atoms with Gasteiger partial charge in [-0.2, -0.15) is 9.78 Å². The number of benzene rings is 2. The Hall–Kier alpha value is -2.11. The molecule has 1 aromatic heterocycles. The van der Waals surface area contributed by atoms with Gasteiger partial charge in [0, 0.05) is 11.3 Å². The summed E-state index contributed by atoms with van der Waals surface area (Å²) in [7, 11) is 0. The summed E-state index contributed by atoms with van der Waals surface area (Å²) in [5.41, 5.74) is 2.95. The summed E-state index contributed by atoms with van der Waals surface area (Å²) >= 11 is 7.90. The van der Waals surface area contributed by atoms with E-state index in [-0.39, 0.29) is 0 Å². The fourth-order valence-corrected chi connectivity index (χ4v) is 3.37. The second-order valence-electron chi connectivity index (χ2n) is 4.80. The van der Waals surface area contributed by atoms with Gasteiger partial charge in [0.05, 0.1) is 10.7 Å². The molecule has 108 valence electrons. The maximum atomic E-state index is 6.28. The number of fused-ring (bicyclic) bond motifs is 1. The SMILES string of the molecule is Clc1ccccc1-c1nnc2n1N=C(c1ccccc1)CS2.